The van der Waals surface area contributed by atoms with E-state index in [2.05, 4.69) is 5.32 Å². The van der Waals surface area contributed by atoms with Crippen LogP contribution in [-0.4, -0.2) is 14.3 Å². The highest BCUT2D eigenvalue weighted by molar-refractivity contribution is 7.89. The van der Waals surface area contributed by atoms with Gasteiger partial charge in [0.05, 0.1) is 5.69 Å². The molecule has 0 bridgehead atoms. The Morgan fingerprint density at radius 2 is 2.00 bits per heavy atom. The van der Waals surface area contributed by atoms with Gasteiger partial charge in [0.25, 0.3) is 0 Å². The van der Waals surface area contributed by atoms with Crippen molar-refractivity contribution in [1.29, 1.82) is 0 Å². The number of benzene rings is 1. The first-order valence-corrected chi connectivity index (χ1v) is 7.37. The van der Waals surface area contributed by atoms with Crippen molar-refractivity contribution in [2.45, 2.75) is 24.7 Å². The van der Waals surface area contributed by atoms with E-state index in [0.717, 1.165) is 12.8 Å². The van der Waals surface area contributed by atoms with Crippen molar-refractivity contribution in [3.05, 3.63) is 24.3 Å². The standard InChI is InChI=1S/C12H16N2O3S/c1-8(9-6-7-9)12(15)14-10-4-2-3-5-11(10)18(13,16)17/h2-5,8-9H,6-7H2,1H3,(H,14,15)(H2,13,16,17). The van der Waals surface area contributed by atoms with E-state index in [1.807, 2.05) is 6.92 Å². The Balaban J connectivity index is 2.21. The van der Waals surface area contributed by atoms with Gasteiger partial charge >= 0.3 is 0 Å². The summed E-state index contributed by atoms with van der Waals surface area (Å²) in [5.74, 6) is 0.166. The zero-order valence-corrected chi connectivity index (χ0v) is 10.9. The number of nitrogens with two attached hydrogens (primary N) is 1. The van der Waals surface area contributed by atoms with Gasteiger partial charge in [0, 0.05) is 5.92 Å². The summed E-state index contributed by atoms with van der Waals surface area (Å²) in [6, 6.07) is 6.15. The fraction of sp³-hybridized carbons (Fsp3) is 0.417. The monoisotopic (exact) mass is 268 g/mol. The van der Waals surface area contributed by atoms with Crippen LogP contribution in [0.25, 0.3) is 0 Å². The number of hydrogen-bond acceptors (Lipinski definition) is 3. The van der Waals surface area contributed by atoms with E-state index in [1.165, 1.54) is 12.1 Å². The molecular weight excluding hydrogens is 252 g/mol. The lowest BCUT2D eigenvalue weighted by atomic mass is 10.1. The third kappa shape index (κ3) is 2.88. The van der Waals surface area contributed by atoms with Gasteiger partial charge < -0.3 is 5.32 Å². The van der Waals surface area contributed by atoms with Gasteiger partial charge in [-0.2, -0.15) is 0 Å². The molecule has 6 heteroatoms. The predicted octanol–water partition coefficient (Wildman–Crippen LogP) is 1.32. The number of sulfonamides is 1. The number of primary sulfonamides is 1. The van der Waals surface area contributed by atoms with Crippen LogP contribution in [0.15, 0.2) is 29.2 Å². The minimum absolute atomic E-state index is 0.0543. The van der Waals surface area contributed by atoms with Crippen LogP contribution >= 0.6 is 0 Å². The van der Waals surface area contributed by atoms with Crippen molar-refractivity contribution < 1.29 is 13.2 Å². The van der Waals surface area contributed by atoms with Gasteiger partial charge in [0.2, 0.25) is 15.9 Å². The van der Waals surface area contributed by atoms with Crippen molar-refractivity contribution in [3.63, 3.8) is 0 Å². The normalized spacial score (nSPS) is 17.2. The molecule has 1 unspecified atom stereocenters. The highest BCUT2D eigenvalue weighted by Gasteiger charge is 2.33. The van der Waals surface area contributed by atoms with Gasteiger partial charge in [-0.3, -0.25) is 4.79 Å². The third-order valence-corrected chi connectivity index (χ3v) is 4.16. The summed E-state index contributed by atoms with van der Waals surface area (Å²) in [5, 5.41) is 7.74. The van der Waals surface area contributed by atoms with E-state index < -0.39 is 10.0 Å². The molecule has 1 atom stereocenters. The molecule has 5 nitrogen and oxygen atoms in total. The molecule has 1 aliphatic rings. The molecule has 1 aliphatic carbocycles. The summed E-state index contributed by atoms with van der Waals surface area (Å²) in [4.78, 5) is 11.9. The van der Waals surface area contributed by atoms with E-state index in [-0.39, 0.29) is 22.4 Å². The average molecular weight is 268 g/mol. The first-order valence-electron chi connectivity index (χ1n) is 5.82. The van der Waals surface area contributed by atoms with Crippen LogP contribution < -0.4 is 10.5 Å². The van der Waals surface area contributed by atoms with Gasteiger partial charge in [-0.25, -0.2) is 13.6 Å². The van der Waals surface area contributed by atoms with Gasteiger partial charge in [0.15, 0.2) is 0 Å². The number of anilines is 1. The molecule has 0 radical (unpaired) electrons. The van der Waals surface area contributed by atoms with Crippen LogP contribution in [0.3, 0.4) is 0 Å². The van der Waals surface area contributed by atoms with E-state index in [4.69, 9.17) is 5.14 Å². The largest absolute Gasteiger partial charge is 0.325 e. The fourth-order valence-corrected chi connectivity index (χ4v) is 2.57. The van der Waals surface area contributed by atoms with Gasteiger partial charge in [-0.1, -0.05) is 19.1 Å². The second-order valence-corrected chi connectivity index (χ2v) is 6.19. The number of rotatable bonds is 4. The van der Waals surface area contributed by atoms with E-state index in [1.54, 1.807) is 12.1 Å². The number of para-hydroxylation sites is 1. The maximum atomic E-state index is 11.9. The Labute approximate surface area is 106 Å². The van der Waals surface area contributed by atoms with Crippen LogP contribution in [-0.2, 0) is 14.8 Å². The number of hydrogen-bond donors (Lipinski definition) is 2. The second kappa shape index (κ2) is 4.70. The summed E-state index contributed by atoms with van der Waals surface area (Å²) in [6.45, 7) is 1.85. The molecule has 0 saturated heterocycles. The van der Waals surface area contributed by atoms with Gasteiger partial charge in [0.1, 0.15) is 4.90 Å². The Morgan fingerprint density at radius 3 is 2.56 bits per heavy atom. The first-order chi connectivity index (χ1) is 8.39. The topological polar surface area (TPSA) is 89.3 Å². The molecule has 2 rings (SSSR count). The van der Waals surface area contributed by atoms with Crippen molar-refractivity contribution >= 4 is 21.6 Å². The molecule has 0 aromatic heterocycles. The Morgan fingerprint density at radius 1 is 1.39 bits per heavy atom. The smallest absolute Gasteiger partial charge is 0.240 e. The van der Waals surface area contributed by atoms with Crippen molar-refractivity contribution in [2.75, 3.05) is 5.32 Å². The lowest BCUT2D eigenvalue weighted by Gasteiger charge is -2.13. The Bertz CT molecular complexity index is 564. The van der Waals surface area contributed by atoms with Crippen LogP contribution in [0.1, 0.15) is 19.8 Å². The number of nitrogens with one attached hydrogen (secondary N) is 1. The number of amides is 1. The number of carbonyl (C=O) groups is 1. The van der Waals surface area contributed by atoms with E-state index in [9.17, 15) is 13.2 Å². The Kier molecular flexibility index (Phi) is 3.41. The molecule has 0 spiro atoms. The minimum atomic E-state index is -3.82. The molecule has 0 aliphatic heterocycles. The first kappa shape index (κ1) is 13.0. The molecule has 1 aromatic carbocycles. The highest BCUT2D eigenvalue weighted by Crippen LogP contribution is 2.37. The van der Waals surface area contributed by atoms with Gasteiger partial charge in [-0.15, -0.1) is 0 Å². The van der Waals surface area contributed by atoms with Crippen LogP contribution in [0.5, 0.6) is 0 Å². The van der Waals surface area contributed by atoms with E-state index in [0.29, 0.717) is 5.92 Å². The second-order valence-electron chi connectivity index (χ2n) is 4.66. The van der Waals surface area contributed by atoms with Crippen molar-refractivity contribution in [3.8, 4) is 0 Å². The Hall–Kier alpha value is -1.40. The summed E-state index contributed by atoms with van der Waals surface area (Å²) in [7, 11) is -3.82. The van der Waals surface area contributed by atoms with Gasteiger partial charge in [-0.05, 0) is 30.9 Å². The van der Waals surface area contributed by atoms with Crippen LogP contribution in [0.2, 0.25) is 0 Å². The summed E-state index contributed by atoms with van der Waals surface area (Å²) >= 11 is 0. The summed E-state index contributed by atoms with van der Waals surface area (Å²) < 4.78 is 22.8. The predicted molar refractivity (Wildman–Crippen MR) is 68.3 cm³/mol. The minimum Gasteiger partial charge on any atom is -0.325 e. The maximum Gasteiger partial charge on any atom is 0.240 e. The molecular formula is C12H16N2O3S. The van der Waals surface area contributed by atoms with E-state index >= 15 is 0 Å². The zero-order valence-electron chi connectivity index (χ0n) is 10.1. The molecule has 1 fully saturated rings. The SMILES string of the molecule is CC(C(=O)Nc1ccccc1S(N)(=O)=O)C1CC1. The molecule has 1 saturated carbocycles. The average Bonchev–Trinajstić information content (AvgIpc) is 3.11. The molecule has 1 aromatic rings. The summed E-state index contributed by atoms with van der Waals surface area (Å²) in [5.41, 5.74) is 0.248. The number of carbonyl (C=O) groups excluding carboxylic acids is 1. The maximum absolute atomic E-state index is 11.9. The van der Waals surface area contributed by atoms with Crippen molar-refractivity contribution in [2.24, 2.45) is 17.0 Å². The summed E-state index contributed by atoms with van der Waals surface area (Å²) in [6.07, 6.45) is 2.12. The van der Waals surface area contributed by atoms with Crippen LogP contribution in [0, 0.1) is 11.8 Å². The molecule has 18 heavy (non-hydrogen) atoms. The zero-order chi connectivity index (χ0) is 13.3. The third-order valence-electron chi connectivity index (χ3n) is 3.19. The van der Waals surface area contributed by atoms with Crippen LogP contribution in [0.4, 0.5) is 5.69 Å². The lowest BCUT2D eigenvalue weighted by Crippen LogP contribution is -2.24. The quantitative estimate of drug-likeness (QED) is 0.863. The molecule has 1 amide bonds. The molecule has 98 valence electrons. The van der Waals surface area contributed by atoms with Crippen molar-refractivity contribution in [1.82, 2.24) is 0 Å². The highest BCUT2D eigenvalue weighted by atomic mass is 32.2. The molecule has 3 N–H and O–H groups in total. The fourth-order valence-electron chi connectivity index (χ4n) is 1.87. The molecule has 0 heterocycles. The lowest BCUT2D eigenvalue weighted by molar-refractivity contribution is -0.119.